The highest BCUT2D eigenvalue weighted by Crippen LogP contribution is 2.19. The van der Waals surface area contributed by atoms with Crippen LogP contribution in [0.1, 0.15) is 28.4 Å². The van der Waals surface area contributed by atoms with E-state index in [9.17, 15) is 15.0 Å². The highest BCUT2D eigenvalue weighted by molar-refractivity contribution is 5.94. The van der Waals surface area contributed by atoms with Crippen molar-refractivity contribution in [1.82, 2.24) is 15.1 Å². The molecule has 0 fully saturated rings. The first-order chi connectivity index (χ1) is 9.78. The first-order valence-electron chi connectivity index (χ1n) is 6.58. The topological polar surface area (TPSA) is 87.4 Å². The van der Waals surface area contributed by atoms with Gasteiger partial charge < -0.3 is 15.5 Å². The van der Waals surface area contributed by atoms with E-state index in [1.807, 2.05) is 0 Å². The predicted molar refractivity (Wildman–Crippen MR) is 78.0 cm³/mol. The highest BCUT2D eigenvalue weighted by atomic mass is 16.3. The molecule has 1 amide bonds. The third kappa shape index (κ3) is 3.61. The Labute approximate surface area is 123 Å². The Balaban J connectivity index is 2.06. The summed E-state index contributed by atoms with van der Waals surface area (Å²) in [6.07, 6.45) is 3.26. The molecule has 0 saturated heterocycles. The molecular formula is C15H19N3O3. The second kappa shape index (κ2) is 5.57. The van der Waals surface area contributed by atoms with Gasteiger partial charge in [0.1, 0.15) is 11.4 Å². The number of nitrogens with one attached hydrogen (secondary N) is 1. The molecule has 1 heterocycles. The van der Waals surface area contributed by atoms with Crippen LogP contribution in [0.5, 0.6) is 5.75 Å². The molecule has 0 aliphatic rings. The van der Waals surface area contributed by atoms with Gasteiger partial charge in [0.15, 0.2) is 0 Å². The molecule has 0 aliphatic heterocycles. The number of carbonyl (C=O) groups is 1. The normalized spacial score (nSPS) is 13.7. The van der Waals surface area contributed by atoms with Crippen molar-refractivity contribution in [2.24, 2.45) is 7.05 Å². The van der Waals surface area contributed by atoms with Crippen molar-refractivity contribution in [3.63, 3.8) is 0 Å². The fourth-order valence-electron chi connectivity index (χ4n) is 2.05. The van der Waals surface area contributed by atoms with E-state index in [2.05, 4.69) is 10.4 Å². The first-order valence-corrected chi connectivity index (χ1v) is 6.58. The molecule has 2 aromatic rings. The minimum absolute atomic E-state index is 0.0409. The molecule has 0 bridgehead atoms. The van der Waals surface area contributed by atoms with Crippen LogP contribution < -0.4 is 5.32 Å². The number of hydrogen-bond donors (Lipinski definition) is 3. The van der Waals surface area contributed by atoms with Crippen LogP contribution in [0.4, 0.5) is 0 Å². The number of hydrogen-bond acceptors (Lipinski definition) is 4. The summed E-state index contributed by atoms with van der Waals surface area (Å²) < 4.78 is 1.59. The third-order valence-electron chi connectivity index (χ3n) is 3.24. The van der Waals surface area contributed by atoms with E-state index >= 15 is 0 Å². The summed E-state index contributed by atoms with van der Waals surface area (Å²) in [5.41, 5.74) is 0.557. The van der Waals surface area contributed by atoms with Gasteiger partial charge in [-0.15, -0.1) is 0 Å². The van der Waals surface area contributed by atoms with Crippen LogP contribution >= 0.6 is 0 Å². The summed E-state index contributed by atoms with van der Waals surface area (Å²) in [4.78, 5) is 12.1. The second-order valence-corrected chi connectivity index (χ2v) is 5.42. The SMILES string of the molecule is Cc1cc(O)cc(C(=O)NCC(C)(O)c2cnn(C)c2)c1. The van der Waals surface area contributed by atoms with Crippen LogP contribution in [0.3, 0.4) is 0 Å². The summed E-state index contributed by atoms with van der Waals surface area (Å²) >= 11 is 0. The number of aromatic nitrogens is 2. The zero-order valence-corrected chi connectivity index (χ0v) is 12.3. The van der Waals surface area contributed by atoms with Gasteiger partial charge in [-0.25, -0.2) is 0 Å². The fourth-order valence-corrected chi connectivity index (χ4v) is 2.05. The van der Waals surface area contributed by atoms with Crippen LogP contribution in [0.15, 0.2) is 30.6 Å². The fraction of sp³-hybridized carbons (Fsp3) is 0.333. The maximum absolute atomic E-state index is 12.1. The number of nitrogens with zero attached hydrogens (tertiary/aromatic N) is 2. The Morgan fingerprint density at radius 1 is 1.43 bits per heavy atom. The lowest BCUT2D eigenvalue weighted by atomic mass is 9.99. The second-order valence-electron chi connectivity index (χ2n) is 5.42. The molecule has 0 aliphatic carbocycles. The maximum Gasteiger partial charge on any atom is 0.251 e. The van der Waals surface area contributed by atoms with Crippen LogP contribution in [-0.4, -0.2) is 32.4 Å². The number of aliphatic hydroxyl groups is 1. The highest BCUT2D eigenvalue weighted by Gasteiger charge is 2.25. The van der Waals surface area contributed by atoms with Crippen molar-refractivity contribution in [3.8, 4) is 5.75 Å². The molecule has 3 N–H and O–H groups in total. The van der Waals surface area contributed by atoms with Gasteiger partial charge in [0, 0.05) is 24.4 Å². The van der Waals surface area contributed by atoms with Crippen molar-refractivity contribution in [2.45, 2.75) is 19.4 Å². The van der Waals surface area contributed by atoms with E-state index in [4.69, 9.17) is 0 Å². The minimum atomic E-state index is -1.21. The van der Waals surface area contributed by atoms with E-state index in [1.165, 1.54) is 6.07 Å². The number of phenolic OH excluding ortho intramolecular Hbond substituents is 1. The quantitative estimate of drug-likeness (QED) is 0.785. The van der Waals surface area contributed by atoms with Crippen LogP contribution in [0.25, 0.3) is 0 Å². The average Bonchev–Trinajstić information content (AvgIpc) is 2.82. The Hall–Kier alpha value is -2.34. The van der Waals surface area contributed by atoms with Gasteiger partial charge in [0.25, 0.3) is 5.91 Å². The summed E-state index contributed by atoms with van der Waals surface area (Å²) in [7, 11) is 1.76. The van der Waals surface area contributed by atoms with Crippen molar-refractivity contribution in [3.05, 3.63) is 47.3 Å². The van der Waals surface area contributed by atoms with E-state index in [-0.39, 0.29) is 18.2 Å². The number of aryl methyl sites for hydroxylation is 2. The lowest BCUT2D eigenvalue weighted by Crippen LogP contribution is -2.38. The Kier molecular flexibility index (Phi) is 3.99. The molecule has 0 spiro atoms. The smallest absolute Gasteiger partial charge is 0.251 e. The summed E-state index contributed by atoms with van der Waals surface area (Å²) in [5, 5.41) is 26.6. The first kappa shape index (κ1) is 15.1. The number of benzene rings is 1. The molecule has 21 heavy (non-hydrogen) atoms. The molecule has 0 radical (unpaired) electrons. The van der Waals surface area contributed by atoms with E-state index < -0.39 is 5.60 Å². The van der Waals surface area contributed by atoms with Crippen molar-refractivity contribution >= 4 is 5.91 Å². The molecule has 112 valence electrons. The van der Waals surface area contributed by atoms with Gasteiger partial charge in [0.05, 0.1) is 12.7 Å². The summed E-state index contributed by atoms with van der Waals surface area (Å²) in [6, 6.07) is 4.64. The zero-order chi connectivity index (χ0) is 15.6. The van der Waals surface area contributed by atoms with Crippen LogP contribution in [0.2, 0.25) is 0 Å². The number of amides is 1. The number of rotatable bonds is 4. The lowest BCUT2D eigenvalue weighted by molar-refractivity contribution is 0.0526. The standard InChI is InChI=1S/C15H19N3O3/c1-10-4-11(6-13(19)5-10)14(20)16-9-15(2,21)12-7-17-18(3)8-12/h4-8,19,21H,9H2,1-3H3,(H,16,20). The zero-order valence-electron chi connectivity index (χ0n) is 12.3. The molecule has 1 aromatic carbocycles. The van der Waals surface area contributed by atoms with E-state index in [1.54, 1.807) is 50.1 Å². The Morgan fingerprint density at radius 2 is 2.14 bits per heavy atom. The molecule has 1 aromatic heterocycles. The lowest BCUT2D eigenvalue weighted by Gasteiger charge is -2.22. The number of phenols is 1. The van der Waals surface area contributed by atoms with Gasteiger partial charge in [-0.2, -0.15) is 5.10 Å². The largest absolute Gasteiger partial charge is 0.508 e. The van der Waals surface area contributed by atoms with Crippen molar-refractivity contribution in [2.75, 3.05) is 6.54 Å². The number of carbonyl (C=O) groups excluding carboxylic acids is 1. The van der Waals surface area contributed by atoms with Crippen molar-refractivity contribution < 1.29 is 15.0 Å². The maximum atomic E-state index is 12.1. The van der Waals surface area contributed by atoms with Gasteiger partial charge in [-0.05, 0) is 37.6 Å². The van der Waals surface area contributed by atoms with Crippen LogP contribution in [-0.2, 0) is 12.6 Å². The van der Waals surface area contributed by atoms with Crippen LogP contribution in [0, 0.1) is 6.92 Å². The number of aromatic hydroxyl groups is 1. The summed E-state index contributed by atoms with van der Waals surface area (Å²) in [5.74, 6) is -0.308. The van der Waals surface area contributed by atoms with E-state index in [0.717, 1.165) is 5.56 Å². The van der Waals surface area contributed by atoms with Gasteiger partial charge in [-0.3, -0.25) is 9.48 Å². The molecule has 1 atom stereocenters. The monoisotopic (exact) mass is 289 g/mol. The van der Waals surface area contributed by atoms with Gasteiger partial charge >= 0.3 is 0 Å². The van der Waals surface area contributed by atoms with E-state index in [0.29, 0.717) is 11.1 Å². The van der Waals surface area contributed by atoms with Gasteiger partial charge in [0.2, 0.25) is 0 Å². The third-order valence-corrected chi connectivity index (χ3v) is 3.24. The predicted octanol–water partition coefficient (Wildman–Crippen LogP) is 1.07. The summed E-state index contributed by atoms with van der Waals surface area (Å²) in [6.45, 7) is 3.45. The Bertz CT molecular complexity index is 642. The molecular weight excluding hydrogens is 270 g/mol. The molecule has 2 rings (SSSR count). The molecule has 6 heteroatoms. The molecule has 1 unspecified atom stereocenters. The average molecular weight is 289 g/mol. The molecule has 0 saturated carbocycles. The molecule has 6 nitrogen and oxygen atoms in total. The Morgan fingerprint density at radius 3 is 2.71 bits per heavy atom. The van der Waals surface area contributed by atoms with Gasteiger partial charge in [-0.1, -0.05) is 0 Å². The minimum Gasteiger partial charge on any atom is -0.508 e. The van der Waals surface area contributed by atoms with Crippen molar-refractivity contribution in [1.29, 1.82) is 0 Å².